The van der Waals surface area contributed by atoms with E-state index in [4.69, 9.17) is 4.74 Å². The van der Waals surface area contributed by atoms with Crippen LogP contribution in [0, 0.1) is 5.92 Å². The van der Waals surface area contributed by atoms with Crippen LogP contribution >= 0.6 is 0 Å². The second-order valence-electron chi connectivity index (χ2n) is 5.61. The van der Waals surface area contributed by atoms with Crippen LogP contribution in [0.15, 0.2) is 0 Å². The molecule has 2 N–H and O–H groups in total. The van der Waals surface area contributed by atoms with Gasteiger partial charge in [-0.2, -0.15) is 0 Å². The van der Waals surface area contributed by atoms with E-state index in [0.717, 1.165) is 38.8 Å². The van der Waals surface area contributed by atoms with Crippen molar-refractivity contribution in [3.05, 3.63) is 0 Å². The predicted molar refractivity (Wildman–Crippen MR) is 73.5 cm³/mol. The van der Waals surface area contributed by atoms with Gasteiger partial charge in [0.25, 0.3) is 0 Å². The summed E-state index contributed by atoms with van der Waals surface area (Å²) >= 11 is 0. The van der Waals surface area contributed by atoms with Crippen LogP contribution < -0.4 is 10.6 Å². The molecule has 1 fully saturated rings. The van der Waals surface area contributed by atoms with Gasteiger partial charge < -0.3 is 15.4 Å². The predicted octanol–water partition coefficient (Wildman–Crippen LogP) is 1.70. The first-order valence-corrected chi connectivity index (χ1v) is 7.14. The van der Waals surface area contributed by atoms with Crippen LogP contribution in [0.2, 0.25) is 0 Å². The zero-order chi connectivity index (χ0) is 13.4. The Labute approximate surface area is 111 Å². The Bertz CT molecular complexity index is 236. The van der Waals surface area contributed by atoms with Crippen molar-refractivity contribution in [1.29, 1.82) is 0 Å². The molecule has 0 spiro atoms. The quantitative estimate of drug-likeness (QED) is 0.729. The maximum absolute atomic E-state index is 11.5. The molecule has 106 valence electrons. The Balaban J connectivity index is 2.02. The van der Waals surface area contributed by atoms with Gasteiger partial charge in [-0.1, -0.05) is 13.8 Å². The van der Waals surface area contributed by atoms with Gasteiger partial charge in [-0.05, 0) is 31.6 Å². The number of hydrogen-bond donors (Lipinski definition) is 2. The number of nitrogens with one attached hydrogen (secondary N) is 2. The topological polar surface area (TPSA) is 50.4 Å². The molecule has 1 saturated carbocycles. The molecule has 0 unspecified atom stereocenters. The molecule has 4 heteroatoms. The molecule has 0 radical (unpaired) electrons. The molecule has 0 bridgehead atoms. The van der Waals surface area contributed by atoms with Gasteiger partial charge in [0.15, 0.2) is 0 Å². The summed E-state index contributed by atoms with van der Waals surface area (Å²) in [5.74, 6) is 0.674. The number of methoxy groups -OCH3 is 1. The van der Waals surface area contributed by atoms with Crippen molar-refractivity contribution in [3.63, 3.8) is 0 Å². The SMILES string of the molecule is COC1CCC(NCCC(=O)NCC(C)C)CC1. The van der Waals surface area contributed by atoms with E-state index in [0.29, 0.717) is 24.5 Å². The standard InChI is InChI=1S/C14H28N2O2/c1-11(2)10-16-14(17)8-9-15-12-4-6-13(18-3)7-5-12/h11-13,15H,4-10H2,1-3H3,(H,16,17). The third kappa shape index (κ3) is 6.36. The summed E-state index contributed by atoms with van der Waals surface area (Å²) in [7, 11) is 1.79. The fourth-order valence-corrected chi connectivity index (χ4v) is 2.30. The monoisotopic (exact) mass is 256 g/mol. The minimum absolute atomic E-state index is 0.154. The van der Waals surface area contributed by atoms with Gasteiger partial charge in [0.1, 0.15) is 0 Å². The van der Waals surface area contributed by atoms with Crippen LogP contribution in [-0.4, -0.2) is 38.3 Å². The fraction of sp³-hybridized carbons (Fsp3) is 0.929. The zero-order valence-corrected chi connectivity index (χ0v) is 12.0. The number of hydrogen-bond acceptors (Lipinski definition) is 3. The minimum atomic E-state index is 0.154. The van der Waals surface area contributed by atoms with Crippen molar-refractivity contribution in [3.8, 4) is 0 Å². The van der Waals surface area contributed by atoms with Crippen molar-refractivity contribution >= 4 is 5.91 Å². The van der Waals surface area contributed by atoms with E-state index in [1.54, 1.807) is 7.11 Å². The molecule has 1 amide bonds. The average molecular weight is 256 g/mol. The molecule has 1 aliphatic rings. The van der Waals surface area contributed by atoms with Crippen molar-refractivity contribution < 1.29 is 9.53 Å². The summed E-state index contributed by atoms with van der Waals surface area (Å²) in [4.78, 5) is 11.5. The maximum atomic E-state index is 11.5. The molecule has 0 atom stereocenters. The van der Waals surface area contributed by atoms with Crippen LogP contribution in [0.3, 0.4) is 0 Å². The first-order chi connectivity index (χ1) is 8.61. The Morgan fingerprint density at radius 3 is 2.50 bits per heavy atom. The molecule has 1 rings (SSSR count). The Hall–Kier alpha value is -0.610. The van der Waals surface area contributed by atoms with Gasteiger partial charge >= 0.3 is 0 Å². The lowest BCUT2D eigenvalue weighted by Crippen LogP contribution is -2.37. The lowest BCUT2D eigenvalue weighted by Gasteiger charge is -2.28. The summed E-state index contributed by atoms with van der Waals surface area (Å²) in [6, 6.07) is 0.564. The molecular formula is C14H28N2O2. The molecule has 4 nitrogen and oxygen atoms in total. The number of carbonyl (C=O) groups is 1. The number of amides is 1. The highest BCUT2D eigenvalue weighted by molar-refractivity contribution is 5.76. The smallest absolute Gasteiger partial charge is 0.221 e. The summed E-state index contributed by atoms with van der Waals surface area (Å²) in [5, 5.41) is 6.41. The van der Waals surface area contributed by atoms with E-state index in [9.17, 15) is 4.79 Å². The third-order valence-electron chi connectivity index (χ3n) is 3.50. The average Bonchev–Trinajstić information content (AvgIpc) is 2.37. The Morgan fingerprint density at radius 2 is 1.94 bits per heavy atom. The molecular weight excluding hydrogens is 228 g/mol. The first kappa shape index (κ1) is 15.4. The van der Waals surface area contributed by atoms with Gasteiger partial charge in [0, 0.05) is 32.7 Å². The Kier molecular flexibility index (Phi) is 7.28. The van der Waals surface area contributed by atoms with E-state index in [-0.39, 0.29) is 5.91 Å². The molecule has 0 aromatic carbocycles. The molecule has 18 heavy (non-hydrogen) atoms. The van der Waals surface area contributed by atoms with E-state index in [1.165, 1.54) is 0 Å². The number of ether oxygens (including phenoxy) is 1. The summed E-state index contributed by atoms with van der Waals surface area (Å²) in [6.45, 7) is 5.77. The maximum Gasteiger partial charge on any atom is 0.221 e. The summed E-state index contributed by atoms with van der Waals surface area (Å²) in [6.07, 6.45) is 5.61. The third-order valence-corrected chi connectivity index (χ3v) is 3.50. The highest BCUT2D eigenvalue weighted by atomic mass is 16.5. The van der Waals surface area contributed by atoms with Crippen molar-refractivity contribution in [2.45, 2.75) is 58.1 Å². The molecule has 0 heterocycles. The van der Waals surface area contributed by atoms with Crippen molar-refractivity contribution in [2.24, 2.45) is 5.92 Å². The molecule has 0 aliphatic heterocycles. The second kappa shape index (κ2) is 8.48. The van der Waals surface area contributed by atoms with Gasteiger partial charge in [-0.25, -0.2) is 0 Å². The van der Waals surface area contributed by atoms with Crippen LogP contribution in [0.5, 0.6) is 0 Å². The number of rotatable bonds is 7. The zero-order valence-electron chi connectivity index (χ0n) is 12.0. The van der Waals surface area contributed by atoms with Gasteiger partial charge in [-0.15, -0.1) is 0 Å². The largest absolute Gasteiger partial charge is 0.381 e. The normalized spacial score (nSPS) is 24.2. The fourth-order valence-electron chi connectivity index (χ4n) is 2.30. The van der Waals surface area contributed by atoms with Crippen LogP contribution in [0.1, 0.15) is 46.0 Å². The van der Waals surface area contributed by atoms with Crippen LogP contribution in [0.4, 0.5) is 0 Å². The minimum Gasteiger partial charge on any atom is -0.381 e. The summed E-state index contributed by atoms with van der Waals surface area (Å²) in [5.41, 5.74) is 0. The first-order valence-electron chi connectivity index (χ1n) is 7.14. The van der Waals surface area contributed by atoms with Crippen molar-refractivity contribution in [1.82, 2.24) is 10.6 Å². The molecule has 0 aromatic rings. The molecule has 0 aromatic heterocycles. The second-order valence-corrected chi connectivity index (χ2v) is 5.61. The van der Waals surface area contributed by atoms with E-state index >= 15 is 0 Å². The Morgan fingerprint density at radius 1 is 1.28 bits per heavy atom. The van der Waals surface area contributed by atoms with Gasteiger partial charge in [0.2, 0.25) is 5.91 Å². The lowest BCUT2D eigenvalue weighted by atomic mass is 9.93. The molecule has 0 saturated heterocycles. The van der Waals surface area contributed by atoms with Gasteiger partial charge in [-0.3, -0.25) is 4.79 Å². The van der Waals surface area contributed by atoms with Gasteiger partial charge in [0.05, 0.1) is 6.10 Å². The van der Waals surface area contributed by atoms with E-state index < -0.39 is 0 Å². The lowest BCUT2D eigenvalue weighted by molar-refractivity contribution is -0.121. The number of carbonyl (C=O) groups excluding carboxylic acids is 1. The molecule has 1 aliphatic carbocycles. The highest BCUT2D eigenvalue weighted by Gasteiger charge is 2.20. The summed E-state index contributed by atoms with van der Waals surface area (Å²) < 4.78 is 5.34. The van der Waals surface area contributed by atoms with E-state index in [2.05, 4.69) is 24.5 Å². The van der Waals surface area contributed by atoms with E-state index in [1.807, 2.05) is 0 Å². The highest BCUT2D eigenvalue weighted by Crippen LogP contribution is 2.20. The van der Waals surface area contributed by atoms with Crippen LogP contribution in [-0.2, 0) is 9.53 Å². The van der Waals surface area contributed by atoms with Crippen molar-refractivity contribution in [2.75, 3.05) is 20.2 Å². The van der Waals surface area contributed by atoms with Crippen LogP contribution in [0.25, 0.3) is 0 Å².